The van der Waals surface area contributed by atoms with E-state index in [0.717, 1.165) is 31.2 Å². The van der Waals surface area contributed by atoms with Gasteiger partial charge in [-0.3, -0.25) is 14.8 Å². The van der Waals surface area contributed by atoms with Gasteiger partial charge in [-0.2, -0.15) is 4.98 Å². The summed E-state index contributed by atoms with van der Waals surface area (Å²) in [6.45, 7) is 1.23. The first-order valence-electron chi connectivity index (χ1n) is 10.6. The van der Waals surface area contributed by atoms with Crippen molar-refractivity contribution in [2.45, 2.75) is 43.9 Å². The molecule has 4 heterocycles. The molecule has 0 spiro atoms. The van der Waals surface area contributed by atoms with Crippen molar-refractivity contribution in [1.29, 1.82) is 0 Å². The zero-order valence-electron chi connectivity index (χ0n) is 16.7. The lowest BCUT2D eigenvalue weighted by molar-refractivity contribution is -0.135. The van der Waals surface area contributed by atoms with E-state index in [1.54, 1.807) is 24.8 Å². The lowest BCUT2D eigenvalue weighted by Crippen LogP contribution is -2.35. The highest BCUT2D eigenvalue weighted by Gasteiger charge is 2.42. The van der Waals surface area contributed by atoms with E-state index in [-0.39, 0.29) is 23.7 Å². The number of rotatable bonds is 4. The number of likely N-dealkylation sites (tertiary alicyclic amines) is 1. The zero-order valence-corrected chi connectivity index (χ0v) is 16.7. The van der Waals surface area contributed by atoms with Gasteiger partial charge in [0.2, 0.25) is 17.6 Å². The Morgan fingerprint density at radius 1 is 1.00 bits per heavy atom. The number of hydrogen-bond donors (Lipinski definition) is 0. The molecule has 2 fully saturated rings. The number of nitrogens with zero attached hydrogens (tertiary/aromatic N) is 6. The second-order valence-electron chi connectivity index (χ2n) is 8.12. The summed E-state index contributed by atoms with van der Waals surface area (Å²) in [6, 6.07) is 3.98. The van der Waals surface area contributed by atoms with Crippen LogP contribution >= 0.6 is 0 Å². The van der Waals surface area contributed by atoms with Crippen LogP contribution in [0.25, 0.3) is 11.5 Å². The lowest BCUT2D eigenvalue weighted by Gasteiger charge is -2.26. The topological polar surface area (TPSA) is 97.9 Å². The quantitative estimate of drug-likeness (QED) is 0.658. The summed E-state index contributed by atoms with van der Waals surface area (Å²) in [7, 11) is 0. The Kier molecular flexibility index (Phi) is 5.21. The minimum atomic E-state index is -0.0698. The van der Waals surface area contributed by atoms with Crippen molar-refractivity contribution in [3.63, 3.8) is 0 Å². The molecule has 3 aromatic heterocycles. The smallest absolute Gasteiger partial charge is 0.232 e. The van der Waals surface area contributed by atoms with E-state index in [1.165, 1.54) is 6.42 Å². The highest BCUT2D eigenvalue weighted by molar-refractivity contribution is 5.79. The minimum absolute atomic E-state index is 0.0698. The Balaban J connectivity index is 1.42. The number of amides is 1. The molecule has 5 rings (SSSR count). The summed E-state index contributed by atoms with van der Waals surface area (Å²) in [5.41, 5.74) is 1.65. The average molecular weight is 404 g/mol. The van der Waals surface area contributed by atoms with Crippen LogP contribution in [0.2, 0.25) is 0 Å². The molecule has 2 atom stereocenters. The molecule has 2 aliphatic rings. The molecule has 30 heavy (non-hydrogen) atoms. The Morgan fingerprint density at radius 2 is 1.83 bits per heavy atom. The standard InChI is InChI=1S/C22H24N6O2/c29-22(15-5-2-1-3-6-15)28-13-17(16-7-4-8-23-11-16)18(14-28)21-26-20(27-30-21)19-12-24-9-10-25-19/h4,7-12,15,17-18H,1-3,5-6,13-14H2/t17-,18+/m0/s1. The SMILES string of the molecule is O=C(C1CCCCC1)N1C[C@@H](c2cccnc2)[C@H](c2nc(-c3cnccn3)no2)C1. The number of carbonyl (C=O) groups is 1. The molecule has 1 saturated heterocycles. The molecule has 3 aromatic rings. The molecule has 1 saturated carbocycles. The van der Waals surface area contributed by atoms with Gasteiger partial charge in [-0.1, -0.05) is 30.5 Å². The van der Waals surface area contributed by atoms with Crippen LogP contribution in [0, 0.1) is 5.92 Å². The Hall–Kier alpha value is -3.16. The number of pyridine rings is 1. The maximum Gasteiger partial charge on any atom is 0.232 e. The van der Waals surface area contributed by atoms with E-state index >= 15 is 0 Å². The average Bonchev–Trinajstić information content (AvgIpc) is 3.48. The summed E-state index contributed by atoms with van der Waals surface area (Å²) < 4.78 is 5.64. The van der Waals surface area contributed by atoms with Crippen molar-refractivity contribution in [3.05, 3.63) is 54.6 Å². The third kappa shape index (κ3) is 3.69. The van der Waals surface area contributed by atoms with Crippen molar-refractivity contribution in [2.24, 2.45) is 5.92 Å². The first kappa shape index (κ1) is 18.8. The monoisotopic (exact) mass is 404 g/mol. The summed E-state index contributed by atoms with van der Waals surface area (Å²) in [5, 5.41) is 4.11. The first-order valence-corrected chi connectivity index (χ1v) is 10.6. The van der Waals surface area contributed by atoms with Crippen LogP contribution in [0.4, 0.5) is 0 Å². The normalized spacial score (nSPS) is 22.3. The van der Waals surface area contributed by atoms with Crippen molar-refractivity contribution in [3.8, 4) is 11.5 Å². The van der Waals surface area contributed by atoms with Gasteiger partial charge < -0.3 is 9.42 Å². The van der Waals surface area contributed by atoms with E-state index in [1.807, 2.05) is 17.2 Å². The van der Waals surface area contributed by atoms with Gasteiger partial charge in [0.1, 0.15) is 5.69 Å². The predicted molar refractivity (Wildman–Crippen MR) is 108 cm³/mol. The molecular formula is C22H24N6O2. The Bertz CT molecular complexity index is 987. The fourth-order valence-corrected chi connectivity index (χ4v) is 4.68. The summed E-state index contributed by atoms with van der Waals surface area (Å²) in [6.07, 6.45) is 14.0. The Labute approximate surface area is 174 Å². The van der Waals surface area contributed by atoms with Gasteiger partial charge in [-0.15, -0.1) is 0 Å². The van der Waals surface area contributed by atoms with Crippen molar-refractivity contribution < 1.29 is 9.32 Å². The highest BCUT2D eigenvalue weighted by Crippen LogP contribution is 2.40. The van der Waals surface area contributed by atoms with Gasteiger partial charge in [0, 0.05) is 49.7 Å². The van der Waals surface area contributed by atoms with E-state index in [4.69, 9.17) is 4.52 Å². The summed E-state index contributed by atoms with van der Waals surface area (Å²) in [4.78, 5) is 32.4. The van der Waals surface area contributed by atoms with Crippen LogP contribution < -0.4 is 0 Å². The molecule has 0 unspecified atom stereocenters. The molecule has 0 N–H and O–H groups in total. The Morgan fingerprint density at radius 3 is 2.60 bits per heavy atom. The maximum absolute atomic E-state index is 13.2. The number of aromatic nitrogens is 5. The van der Waals surface area contributed by atoms with Crippen molar-refractivity contribution in [1.82, 2.24) is 30.0 Å². The van der Waals surface area contributed by atoms with Crippen LogP contribution in [-0.4, -0.2) is 49.0 Å². The van der Waals surface area contributed by atoms with Crippen LogP contribution in [0.3, 0.4) is 0 Å². The van der Waals surface area contributed by atoms with Crippen molar-refractivity contribution >= 4 is 5.91 Å². The van der Waals surface area contributed by atoms with Gasteiger partial charge in [-0.25, -0.2) is 4.98 Å². The molecule has 1 aliphatic heterocycles. The van der Waals surface area contributed by atoms with E-state index in [0.29, 0.717) is 30.5 Å². The number of hydrogen-bond acceptors (Lipinski definition) is 7. The molecule has 0 radical (unpaired) electrons. The largest absolute Gasteiger partial charge is 0.341 e. The van der Waals surface area contributed by atoms with Crippen LogP contribution in [0.15, 0.2) is 47.6 Å². The molecule has 8 heteroatoms. The van der Waals surface area contributed by atoms with Gasteiger partial charge in [0.25, 0.3) is 0 Å². The molecule has 1 amide bonds. The lowest BCUT2D eigenvalue weighted by atomic mass is 9.88. The van der Waals surface area contributed by atoms with Crippen LogP contribution in [0.1, 0.15) is 55.4 Å². The zero-order chi connectivity index (χ0) is 20.3. The third-order valence-corrected chi connectivity index (χ3v) is 6.25. The predicted octanol–water partition coefficient (Wildman–Crippen LogP) is 3.21. The molecule has 0 aromatic carbocycles. The molecule has 8 nitrogen and oxygen atoms in total. The van der Waals surface area contributed by atoms with Gasteiger partial charge >= 0.3 is 0 Å². The number of carbonyl (C=O) groups excluding carboxylic acids is 1. The maximum atomic E-state index is 13.2. The second-order valence-corrected chi connectivity index (χ2v) is 8.12. The van der Waals surface area contributed by atoms with Gasteiger partial charge in [-0.05, 0) is 24.5 Å². The van der Waals surface area contributed by atoms with Crippen LogP contribution in [0.5, 0.6) is 0 Å². The first-order chi connectivity index (χ1) is 14.8. The molecule has 1 aliphatic carbocycles. The summed E-state index contributed by atoms with van der Waals surface area (Å²) >= 11 is 0. The highest BCUT2D eigenvalue weighted by atomic mass is 16.5. The van der Waals surface area contributed by atoms with Gasteiger partial charge in [0.05, 0.1) is 12.1 Å². The van der Waals surface area contributed by atoms with E-state index in [9.17, 15) is 4.79 Å². The van der Waals surface area contributed by atoms with E-state index in [2.05, 4.69) is 31.2 Å². The minimum Gasteiger partial charge on any atom is -0.341 e. The molecular weight excluding hydrogens is 380 g/mol. The third-order valence-electron chi connectivity index (χ3n) is 6.25. The molecule has 154 valence electrons. The molecule has 0 bridgehead atoms. The van der Waals surface area contributed by atoms with Crippen LogP contribution in [-0.2, 0) is 4.79 Å². The second kappa shape index (κ2) is 8.30. The summed E-state index contributed by atoms with van der Waals surface area (Å²) in [5.74, 6) is 1.36. The van der Waals surface area contributed by atoms with Crippen molar-refractivity contribution in [2.75, 3.05) is 13.1 Å². The van der Waals surface area contributed by atoms with E-state index < -0.39 is 0 Å². The fraction of sp³-hybridized carbons (Fsp3) is 0.455. The fourth-order valence-electron chi connectivity index (χ4n) is 4.68. The van der Waals surface area contributed by atoms with Gasteiger partial charge in [0.15, 0.2) is 0 Å².